The fourth-order valence-electron chi connectivity index (χ4n) is 3.43. The van der Waals surface area contributed by atoms with E-state index in [1.54, 1.807) is 44.2 Å². The molecule has 4 rings (SSSR count). The van der Waals surface area contributed by atoms with Crippen molar-refractivity contribution in [2.45, 2.75) is 44.6 Å². The first kappa shape index (κ1) is 30.2. The number of halogens is 4. The summed E-state index contributed by atoms with van der Waals surface area (Å²) in [6.45, 7) is 0.870. The lowest BCUT2D eigenvalue weighted by atomic mass is 10.2. The van der Waals surface area contributed by atoms with Crippen LogP contribution in [0.2, 0.25) is 0 Å². The number of esters is 1. The zero-order valence-corrected chi connectivity index (χ0v) is 21.7. The molecule has 0 radical (unpaired) electrons. The Morgan fingerprint density at radius 1 is 1.33 bits per heavy atom. The summed E-state index contributed by atoms with van der Waals surface area (Å²) in [6, 6.07) is 8.57. The van der Waals surface area contributed by atoms with Crippen LogP contribution in [-0.4, -0.2) is 63.7 Å². The Morgan fingerprint density at radius 2 is 2.03 bits per heavy atom. The first-order valence-corrected chi connectivity index (χ1v) is 12.7. The fourth-order valence-corrected chi connectivity index (χ4v) is 4.48. The number of nitrogens with two attached hydrogens (primary N) is 1. The van der Waals surface area contributed by atoms with E-state index in [-0.39, 0.29) is 29.8 Å². The molecule has 1 aromatic carbocycles. The summed E-state index contributed by atoms with van der Waals surface area (Å²) in [6.07, 6.45) is -2.63. The quantitative estimate of drug-likeness (QED) is 0.185. The highest BCUT2D eigenvalue weighted by atomic mass is 31.2. The summed E-state index contributed by atoms with van der Waals surface area (Å²) < 4.78 is 72.2. The molecule has 3 aromatic rings. The Balaban J connectivity index is 0.00000134. The van der Waals surface area contributed by atoms with E-state index in [4.69, 9.17) is 24.3 Å². The van der Waals surface area contributed by atoms with Crippen LogP contribution in [0.5, 0.6) is 5.75 Å². The third-order valence-corrected chi connectivity index (χ3v) is 6.17. The number of carbonyl (C=O) groups excluding carboxylic acids is 1. The summed E-state index contributed by atoms with van der Waals surface area (Å²) in [5.74, 6) is -3.58. The number of anilines is 1. The average molecular weight is 578 g/mol. The molecule has 4 N–H and O–H groups in total. The molecule has 0 spiro atoms. The lowest BCUT2D eigenvalue weighted by molar-refractivity contribution is -0.145. The molecule has 39 heavy (non-hydrogen) atoms. The topological polar surface area (TPSA) is 156 Å². The van der Waals surface area contributed by atoms with Gasteiger partial charge in [-0.2, -0.15) is 4.98 Å². The number of H-pyrrole nitrogens is 1. The van der Waals surface area contributed by atoms with Gasteiger partial charge in [-0.15, -0.1) is 0 Å². The van der Waals surface area contributed by atoms with Crippen LogP contribution in [0.3, 0.4) is 0 Å². The predicted octanol–water partition coefficient (Wildman–Crippen LogP) is 3.37. The van der Waals surface area contributed by atoms with Crippen molar-refractivity contribution in [2.24, 2.45) is 0 Å². The van der Waals surface area contributed by atoms with Crippen LogP contribution in [0.25, 0.3) is 11.2 Å². The minimum atomic E-state index is -3.28. The number of fused-ring (bicyclic) bond motifs is 1. The van der Waals surface area contributed by atoms with Gasteiger partial charge in [0.05, 0.1) is 25.5 Å². The van der Waals surface area contributed by atoms with Crippen LogP contribution in [0.4, 0.5) is 23.5 Å². The van der Waals surface area contributed by atoms with Crippen molar-refractivity contribution in [3.05, 3.63) is 47.0 Å². The monoisotopic (exact) mass is 578 g/mol. The molecular weight excluding hydrogens is 551 g/mol. The van der Waals surface area contributed by atoms with Gasteiger partial charge in [0.15, 0.2) is 11.2 Å². The molecule has 0 saturated carbocycles. The van der Waals surface area contributed by atoms with Gasteiger partial charge in [-0.05, 0) is 26.0 Å². The van der Waals surface area contributed by atoms with E-state index < -0.39 is 58.3 Å². The molecule has 0 aliphatic carbocycles. The summed E-state index contributed by atoms with van der Waals surface area (Å²) in [5.41, 5.74) is 4.97. The highest BCUT2D eigenvalue weighted by molar-refractivity contribution is 7.45. The van der Waals surface area contributed by atoms with E-state index >= 15 is 0 Å². The largest absolute Gasteiger partial charge is 0.462 e. The van der Waals surface area contributed by atoms with Gasteiger partial charge in [-0.1, -0.05) is 18.2 Å². The van der Waals surface area contributed by atoms with E-state index in [9.17, 15) is 27.2 Å². The van der Waals surface area contributed by atoms with Crippen molar-refractivity contribution in [1.29, 1.82) is 0 Å². The molecule has 1 aliphatic rings. The number of hydrogen-bond acceptors (Lipinski definition) is 10. The van der Waals surface area contributed by atoms with Gasteiger partial charge >= 0.3 is 14.5 Å². The number of para-hydroxylation sites is 1. The Labute approximate surface area is 220 Å². The molecule has 12 nitrogen and oxygen atoms in total. The fraction of sp³-hybridized carbons (Fsp3) is 0.455. The normalized spacial score (nSPS) is 18.9. The van der Waals surface area contributed by atoms with E-state index in [1.807, 2.05) is 0 Å². The average Bonchev–Trinajstić information content (AvgIpc) is 3.41. The van der Waals surface area contributed by atoms with Crippen molar-refractivity contribution in [3.63, 3.8) is 0 Å². The molecule has 0 amide bonds. The number of benzene rings is 1. The van der Waals surface area contributed by atoms with Crippen LogP contribution in [0.15, 0.2) is 41.5 Å². The van der Waals surface area contributed by atoms with Crippen molar-refractivity contribution in [2.75, 3.05) is 25.8 Å². The number of alkyl halides is 4. The molecule has 0 bridgehead atoms. The minimum absolute atomic E-state index is 0.0265. The number of aromatic amines is 1. The lowest BCUT2D eigenvalue weighted by Gasteiger charge is -2.22. The maximum absolute atomic E-state index is 14.9. The lowest BCUT2D eigenvalue weighted by Crippen LogP contribution is -2.33. The Bertz CT molecular complexity index is 1280. The zero-order chi connectivity index (χ0) is 28.6. The minimum Gasteiger partial charge on any atom is -0.462 e. The molecule has 3 atom stereocenters. The SMILES string of the molecule is CC(C)OC(=O)CNP(OCC1OC(n2cnc3c(=O)[nH]c(N)nc32)CC1(F)F)Oc1ccccc1.FCF. The van der Waals surface area contributed by atoms with E-state index in [2.05, 4.69) is 20.0 Å². The summed E-state index contributed by atoms with van der Waals surface area (Å²) >= 11 is 0. The molecule has 17 heteroatoms. The van der Waals surface area contributed by atoms with Gasteiger partial charge in [-0.3, -0.25) is 19.1 Å². The summed E-state index contributed by atoms with van der Waals surface area (Å²) in [7, 11) is -2.01. The number of imidazole rings is 1. The number of nitrogens with zero attached hydrogens (tertiary/aromatic N) is 3. The highest BCUT2D eigenvalue weighted by Crippen LogP contribution is 2.44. The van der Waals surface area contributed by atoms with E-state index in [0.717, 1.165) is 0 Å². The zero-order valence-electron chi connectivity index (χ0n) is 20.9. The molecule has 1 saturated heterocycles. The third-order valence-electron chi connectivity index (χ3n) is 4.99. The van der Waals surface area contributed by atoms with Gasteiger partial charge in [0.2, 0.25) is 12.9 Å². The number of aromatic nitrogens is 4. The number of nitrogen functional groups attached to an aromatic ring is 1. The first-order valence-electron chi connectivity index (χ1n) is 11.5. The summed E-state index contributed by atoms with van der Waals surface area (Å²) in [4.78, 5) is 34.2. The van der Waals surface area contributed by atoms with Crippen LogP contribution in [0.1, 0.15) is 26.5 Å². The maximum Gasteiger partial charge on any atom is 0.320 e. The van der Waals surface area contributed by atoms with Gasteiger partial charge in [-0.25, -0.2) is 27.6 Å². The number of hydrogen-bond donors (Lipinski definition) is 3. The second kappa shape index (κ2) is 13.6. The number of carbonyl (C=O) groups is 1. The van der Waals surface area contributed by atoms with Crippen molar-refractivity contribution < 1.29 is 40.9 Å². The molecule has 3 unspecified atom stereocenters. The predicted molar refractivity (Wildman–Crippen MR) is 132 cm³/mol. The number of nitrogens with one attached hydrogen (secondary N) is 2. The first-order chi connectivity index (χ1) is 18.5. The van der Waals surface area contributed by atoms with Crippen LogP contribution in [0, 0.1) is 0 Å². The van der Waals surface area contributed by atoms with Crippen molar-refractivity contribution in [3.8, 4) is 5.75 Å². The second-order valence-corrected chi connectivity index (χ2v) is 9.52. The van der Waals surface area contributed by atoms with Crippen LogP contribution in [-0.2, 0) is 18.8 Å². The van der Waals surface area contributed by atoms with Gasteiger partial charge in [0.1, 0.15) is 24.6 Å². The smallest absolute Gasteiger partial charge is 0.320 e. The number of ether oxygens (including phenoxy) is 2. The van der Waals surface area contributed by atoms with Gasteiger partial charge in [0, 0.05) is 0 Å². The summed E-state index contributed by atoms with van der Waals surface area (Å²) in [5, 5.41) is 2.77. The highest BCUT2D eigenvalue weighted by Gasteiger charge is 2.51. The Morgan fingerprint density at radius 3 is 2.69 bits per heavy atom. The van der Waals surface area contributed by atoms with Gasteiger partial charge < -0.3 is 24.3 Å². The number of rotatable bonds is 10. The van der Waals surface area contributed by atoms with Gasteiger partial charge in [0.25, 0.3) is 11.5 Å². The maximum atomic E-state index is 14.9. The van der Waals surface area contributed by atoms with Crippen molar-refractivity contribution >= 4 is 31.6 Å². The van der Waals surface area contributed by atoms with Crippen LogP contribution >= 0.6 is 8.53 Å². The standard InChI is InChI=1S/C21H25F2N6O6P.CH2F2/c1-12(2)33-16(30)9-26-36(35-13-6-4-3-5-7-13)32-10-14-21(22,23)8-15(34-14)29-11-25-17-18(29)27-20(24)28-19(17)31;2-1-3/h3-7,11-12,14-15,26H,8-10H2,1-2H3,(H3,24,27,28,31);1H2. The Kier molecular flexibility index (Phi) is 10.6. The second-order valence-electron chi connectivity index (χ2n) is 8.25. The molecule has 214 valence electrons. The Hall–Kier alpha value is -3.33. The van der Waals surface area contributed by atoms with Crippen LogP contribution < -0.4 is 20.9 Å². The van der Waals surface area contributed by atoms with E-state index in [0.29, 0.717) is 5.75 Å². The molecule has 1 fully saturated rings. The molecule has 1 aliphatic heterocycles. The van der Waals surface area contributed by atoms with Crippen molar-refractivity contribution in [1.82, 2.24) is 24.6 Å². The van der Waals surface area contributed by atoms with E-state index in [1.165, 1.54) is 10.9 Å². The third kappa shape index (κ3) is 8.33. The molecule has 2 aromatic heterocycles. The molecule has 3 heterocycles. The molecular formula is C22H27F4N6O6P.